The molecule has 18 heavy (non-hydrogen) atoms. The van der Waals surface area contributed by atoms with Crippen molar-refractivity contribution in [1.29, 1.82) is 0 Å². The van der Waals surface area contributed by atoms with Crippen molar-refractivity contribution in [3.63, 3.8) is 0 Å². The molecule has 1 saturated heterocycles. The molecule has 0 spiro atoms. The number of rotatable bonds is 6. The molecule has 1 saturated carbocycles. The maximum atomic E-state index is 6.38. The molecule has 0 radical (unpaired) electrons. The molecule has 2 atom stereocenters. The van der Waals surface area contributed by atoms with Crippen LogP contribution in [0.2, 0.25) is 0 Å². The van der Waals surface area contributed by atoms with Crippen LogP contribution in [0.5, 0.6) is 0 Å². The van der Waals surface area contributed by atoms with Gasteiger partial charge < -0.3 is 9.47 Å². The highest BCUT2D eigenvalue weighted by molar-refractivity contribution is 5.06. The number of epoxide rings is 1. The van der Waals surface area contributed by atoms with Crippen LogP contribution in [0.4, 0.5) is 0 Å². The zero-order chi connectivity index (χ0) is 13.2. The zero-order valence-corrected chi connectivity index (χ0v) is 12.3. The van der Waals surface area contributed by atoms with Gasteiger partial charge >= 0.3 is 0 Å². The third-order valence-corrected chi connectivity index (χ3v) is 4.71. The summed E-state index contributed by atoms with van der Waals surface area (Å²) < 4.78 is 12.2. The highest BCUT2D eigenvalue weighted by Crippen LogP contribution is 2.52. The molecule has 0 bridgehead atoms. The third-order valence-electron chi connectivity index (χ3n) is 4.71. The van der Waals surface area contributed by atoms with Crippen molar-refractivity contribution in [2.45, 2.75) is 77.6 Å². The lowest BCUT2D eigenvalue weighted by Crippen LogP contribution is -2.41. The first-order chi connectivity index (χ1) is 8.51. The van der Waals surface area contributed by atoms with Gasteiger partial charge in [-0.3, -0.25) is 0 Å². The highest BCUT2D eigenvalue weighted by Gasteiger charge is 2.60. The Bertz CT molecular complexity index is 300. The van der Waals surface area contributed by atoms with E-state index >= 15 is 0 Å². The second-order valence-corrected chi connectivity index (χ2v) is 6.47. The highest BCUT2D eigenvalue weighted by atomic mass is 16.8. The summed E-state index contributed by atoms with van der Waals surface area (Å²) in [5.74, 6) is -0.317. The number of allylic oxidation sites excluding steroid dienone is 1. The van der Waals surface area contributed by atoms with Crippen molar-refractivity contribution >= 4 is 0 Å². The fourth-order valence-corrected chi connectivity index (χ4v) is 3.27. The summed E-state index contributed by atoms with van der Waals surface area (Å²) in [6, 6.07) is 0. The van der Waals surface area contributed by atoms with Crippen LogP contribution < -0.4 is 0 Å². The Kier molecular flexibility index (Phi) is 4.18. The molecule has 0 N–H and O–H groups in total. The van der Waals surface area contributed by atoms with E-state index in [-0.39, 0.29) is 11.2 Å². The van der Waals surface area contributed by atoms with Crippen LogP contribution in [0, 0.1) is 5.41 Å². The van der Waals surface area contributed by atoms with Gasteiger partial charge in [-0.15, -0.1) is 6.58 Å². The van der Waals surface area contributed by atoms with Crippen molar-refractivity contribution in [1.82, 2.24) is 0 Å². The summed E-state index contributed by atoms with van der Waals surface area (Å²) in [4.78, 5) is 0. The zero-order valence-electron chi connectivity index (χ0n) is 12.3. The molecule has 2 heteroatoms. The van der Waals surface area contributed by atoms with E-state index in [2.05, 4.69) is 27.4 Å². The second-order valence-electron chi connectivity index (χ2n) is 6.47. The molecule has 1 aliphatic heterocycles. The molecule has 2 nitrogen and oxygen atoms in total. The molecular formula is C16H28O2. The van der Waals surface area contributed by atoms with Crippen LogP contribution in [0.15, 0.2) is 12.2 Å². The summed E-state index contributed by atoms with van der Waals surface area (Å²) in [7, 11) is 0. The van der Waals surface area contributed by atoms with Gasteiger partial charge in [0.2, 0.25) is 0 Å². The van der Waals surface area contributed by atoms with E-state index in [1.54, 1.807) is 0 Å². The molecule has 0 aromatic carbocycles. The van der Waals surface area contributed by atoms with E-state index in [1.165, 1.54) is 37.7 Å². The van der Waals surface area contributed by atoms with Crippen LogP contribution in [0.1, 0.15) is 65.7 Å². The van der Waals surface area contributed by atoms with Crippen molar-refractivity contribution in [3.8, 4) is 0 Å². The third kappa shape index (κ3) is 2.80. The van der Waals surface area contributed by atoms with Crippen LogP contribution >= 0.6 is 0 Å². The lowest BCUT2D eigenvalue weighted by Gasteiger charge is -2.38. The first-order valence-corrected chi connectivity index (χ1v) is 7.47. The minimum atomic E-state index is -0.317. The van der Waals surface area contributed by atoms with Crippen molar-refractivity contribution in [3.05, 3.63) is 12.2 Å². The van der Waals surface area contributed by atoms with Gasteiger partial charge in [0, 0.05) is 5.41 Å². The molecule has 2 fully saturated rings. The lowest BCUT2D eigenvalue weighted by atomic mass is 9.76. The Morgan fingerprint density at radius 2 is 2.00 bits per heavy atom. The Hall–Kier alpha value is -0.340. The second kappa shape index (κ2) is 5.34. The molecule has 2 rings (SSSR count). The summed E-state index contributed by atoms with van der Waals surface area (Å²) in [6.07, 6.45) is 8.88. The predicted molar refractivity (Wildman–Crippen MR) is 74.5 cm³/mol. The Labute approximate surface area is 112 Å². The molecule has 2 aliphatic rings. The van der Waals surface area contributed by atoms with E-state index in [9.17, 15) is 0 Å². The molecule has 2 unspecified atom stereocenters. The average molecular weight is 252 g/mol. The van der Waals surface area contributed by atoms with E-state index in [4.69, 9.17) is 9.47 Å². The van der Waals surface area contributed by atoms with E-state index in [0.717, 1.165) is 19.4 Å². The van der Waals surface area contributed by atoms with Crippen molar-refractivity contribution < 1.29 is 9.47 Å². The Morgan fingerprint density at radius 3 is 2.44 bits per heavy atom. The normalized spacial score (nSPS) is 31.9. The van der Waals surface area contributed by atoms with Crippen LogP contribution in [0.25, 0.3) is 0 Å². The monoisotopic (exact) mass is 252 g/mol. The van der Waals surface area contributed by atoms with Gasteiger partial charge in [-0.05, 0) is 32.6 Å². The summed E-state index contributed by atoms with van der Waals surface area (Å²) in [6.45, 7) is 11.5. The fourth-order valence-electron chi connectivity index (χ4n) is 3.27. The van der Waals surface area contributed by atoms with Crippen LogP contribution in [-0.4, -0.2) is 18.5 Å². The largest absolute Gasteiger partial charge is 0.344 e. The number of ether oxygens (including phenoxy) is 2. The summed E-state index contributed by atoms with van der Waals surface area (Å²) >= 11 is 0. The van der Waals surface area contributed by atoms with Gasteiger partial charge in [0.25, 0.3) is 0 Å². The molecule has 0 aromatic rings. The minimum Gasteiger partial charge on any atom is -0.344 e. The standard InChI is InChI=1S/C16H28O2/c1-5-15(4,11-13(2)3)16(12-17-16)18-14-9-7-6-8-10-14/h14H,2,5-12H2,1,3-4H3. The van der Waals surface area contributed by atoms with E-state index < -0.39 is 0 Å². The Morgan fingerprint density at radius 1 is 1.39 bits per heavy atom. The quantitative estimate of drug-likeness (QED) is 0.515. The van der Waals surface area contributed by atoms with Crippen LogP contribution in [-0.2, 0) is 9.47 Å². The lowest BCUT2D eigenvalue weighted by molar-refractivity contribution is -0.165. The van der Waals surface area contributed by atoms with Crippen molar-refractivity contribution in [2.24, 2.45) is 5.41 Å². The van der Waals surface area contributed by atoms with Gasteiger partial charge in [0.15, 0.2) is 5.79 Å². The summed E-state index contributed by atoms with van der Waals surface area (Å²) in [5.41, 5.74) is 1.30. The predicted octanol–water partition coefficient (Wildman–Crippen LogP) is 4.44. The fraction of sp³-hybridized carbons (Fsp3) is 0.875. The molecule has 0 amide bonds. The van der Waals surface area contributed by atoms with Gasteiger partial charge in [0.05, 0.1) is 6.10 Å². The van der Waals surface area contributed by atoms with Crippen molar-refractivity contribution in [2.75, 3.05) is 6.61 Å². The molecule has 1 aliphatic carbocycles. The molecule has 104 valence electrons. The molecule has 1 heterocycles. The molecular weight excluding hydrogens is 224 g/mol. The average Bonchev–Trinajstić information content (AvgIpc) is 3.11. The van der Waals surface area contributed by atoms with E-state index in [0.29, 0.717) is 6.10 Å². The smallest absolute Gasteiger partial charge is 0.198 e. The minimum absolute atomic E-state index is 0.0796. The topological polar surface area (TPSA) is 21.8 Å². The van der Waals surface area contributed by atoms with Gasteiger partial charge in [0.1, 0.15) is 6.61 Å². The molecule has 0 aromatic heterocycles. The number of hydrogen-bond donors (Lipinski definition) is 0. The first kappa shape index (κ1) is 14.1. The van der Waals surface area contributed by atoms with Gasteiger partial charge in [-0.1, -0.05) is 38.7 Å². The Balaban J connectivity index is 2.01. The maximum absolute atomic E-state index is 6.38. The first-order valence-electron chi connectivity index (χ1n) is 7.47. The van der Waals surface area contributed by atoms with E-state index in [1.807, 2.05) is 0 Å². The maximum Gasteiger partial charge on any atom is 0.198 e. The van der Waals surface area contributed by atoms with Crippen LogP contribution in [0.3, 0.4) is 0 Å². The van der Waals surface area contributed by atoms with Gasteiger partial charge in [-0.2, -0.15) is 0 Å². The number of hydrogen-bond acceptors (Lipinski definition) is 2. The SMILES string of the molecule is C=C(C)CC(C)(CC)C1(OC2CCCCC2)CO1. The van der Waals surface area contributed by atoms with Gasteiger partial charge in [-0.25, -0.2) is 0 Å². The summed E-state index contributed by atoms with van der Waals surface area (Å²) in [5, 5.41) is 0.